The van der Waals surface area contributed by atoms with Crippen LogP contribution in [0, 0.1) is 11.8 Å². The molecule has 0 spiro atoms. The Balaban J connectivity index is 2.10. The van der Waals surface area contributed by atoms with E-state index in [2.05, 4.69) is 0 Å². The molecule has 4 atom stereocenters. The smallest absolute Gasteiger partial charge is 0.227 e. The van der Waals surface area contributed by atoms with Crippen LogP contribution < -0.4 is 11.5 Å². The van der Waals surface area contributed by atoms with Crippen molar-refractivity contribution in [1.29, 1.82) is 0 Å². The fourth-order valence-electron chi connectivity index (χ4n) is 3.03. The van der Waals surface area contributed by atoms with Crippen molar-refractivity contribution in [2.75, 3.05) is 6.54 Å². The number of rotatable bonds is 4. The van der Waals surface area contributed by atoms with Crippen LogP contribution in [0.25, 0.3) is 0 Å². The first-order valence-electron chi connectivity index (χ1n) is 7.82. The summed E-state index contributed by atoms with van der Waals surface area (Å²) in [5.41, 5.74) is 12.6. The van der Waals surface area contributed by atoms with E-state index in [0.29, 0.717) is 6.54 Å². The molecule has 0 unspecified atom stereocenters. The van der Waals surface area contributed by atoms with Crippen LogP contribution in [0.1, 0.15) is 38.3 Å². The van der Waals surface area contributed by atoms with E-state index in [-0.39, 0.29) is 35.7 Å². The lowest BCUT2D eigenvalue weighted by Crippen LogP contribution is -2.51. The molecule has 0 bridgehead atoms. The zero-order valence-electron chi connectivity index (χ0n) is 13.2. The summed E-state index contributed by atoms with van der Waals surface area (Å²) >= 11 is 0. The normalized spacial score (nSPS) is 24.6. The summed E-state index contributed by atoms with van der Waals surface area (Å²) < 4.78 is 0. The van der Waals surface area contributed by atoms with Gasteiger partial charge >= 0.3 is 0 Å². The van der Waals surface area contributed by atoms with Crippen LogP contribution >= 0.6 is 0 Å². The molecule has 0 radical (unpaired) electrons. The maximum atomic E-state index is 12.8. The Labute approximate surface area is 131 Å². The number of benzene rings is 1. The van der Waals surface area contributed by atoms with Gasteiger partial charge in [0.1, 0.15) is 0 Å². The Kier molecular flexibility index (Phi) is 5.19. The molecule has 120 valence electrons. The average molecular weight is 303 g/mol. The SMILES string of the molecule is C[C@H](C(=O)N1C[C@H](C(N)=O)CC[C@H]1C)[C@H](N)c1ccccc1. The maximum absolute atomic E-state index is 12.8. The van der Waals surface area contributed by atoms with E-state index >= 15 is 0 Å². The lowest BCUT2D eigenvalue weighted by atomic mass is 9.89. The number of nitrogens with two attached hydrogens (primary N) is 2. The minimum absolute atomic E-state index is 0.00481. The third-order valence-electron chi connectivity index (χ3n) is 4.68. The minimum atomic E-state index is -0.352. The van der Waals surface area contributed by atoms with Crippen LogP contribution in [0.3, 0.4) is 0 Å². The van der Waals surface area contributed by atoms with Crippen molar-refractivity contribution in [2.24, 2.45) is 23.3 Å². The second kappa shape index (κ2) is 6.92. The number of likely N-dealkylation sites (tertiary alicyclic amines) is 1. The molecule has 0 saturated carbocycles. The third-order valence-corrected chi connectivity index (χ3v) is 4.68. The highest BCUT2D eigenvalue weighted by atomic mass is 16.2. The molecule has 1 saturated heterocycles. The van der Waals surface area contributed by atoms with E-state index < -0.39 is 0 Å². The predicted molar refractivity (Wildman–Crippen MR) is 85.6 cm³/mol. The highest BCUT2D eigenvalue weighted by Crippen LogP contribution is 2.27. The first kappa shape index (κ1) is 16.5. The van der Waals surface area contributed by atoms with Crippen molar-refractivity contribution in [1.82, 2.24) is 4.90 Å². The number of nitrogens with zero attached hydrogens (tertiary/aromatic N) is 1. The predicted octanol–water partition coefficient (Wildman–Crippen LogP) is 1.43. The van der Waals surface area contributed by atoms with E-state index in [1.807, 2.05) is 44.2 Å². The Morgan fingerprint density at radius 1 is 1.23 bits per heavy atom. The summed E-state index contributed by atoms with van der Waals surface area (Å²) in [4.78, 5) is 26.0. The number of hydrogen-bond acceptors (Lipinski definition) is 3. The van der Waals surface area contributed by atoms with Gasteiger partial charge < -0.3 is 16.4 Å². The Hall–Kier alpha value is -1.88. The van der Waals surface area contributed by atoms with Gasteiger partial charge in [0.15, 0.2) is 0 Å². The molecular formula is C17H25N3O2. The third kappa shape index (κ3) is 3.47. The summed E-state index contributed by atoms with van der Waals surface area (Å²) in [7, 11) is 0. The summed E-state index contributed by atoms with van der Waals surface area (Å²) in [5.74, 6) is -0.920. The number of primary amides is 1. The van der Waals surface area contributed by atoms with E-state index in [1.165, 1.54) is 0 Å². The molecule has 22 heavy (non-hydrogen) atoms. The van der Waals surface area contributed by atoms with Crippen LogP contribution in [0.2, 0.25) is 0 Å². The summed E-state index contributed by atoms with van der Waals surface area (Å²) in [6.07, 6.45) is 1.55. The number of piperidine rings is 1. The van der Waals surface area contributed by atoms with Gasteiger partial charge in [-0.15, -0.1) is 0 Å². The summed E-state index contributed by atoms with van der Waals surface area (Å²) in [5, 5.41) is 0. The van der Waals surface area contributed by atoms with Gasteiger partial charge in [-0.25, -0.2) is 0 Å². The van der Waals surface area contributed by atoms with Crippen molar-refractivity contribution in [3.63, 3.8) is 0 Å². The van der Waals surface area contributed by atoms with Crippen molar-refractivity contribution in [3.8, 4) is 0 Å². The average Bonchev–Trinajstić information content (AvgIpc) is 2.53. The van der Waals surface area contributed by atoms with E-state index in [1.54, 1.807) is 4.90 Å². The van der Waals surface area contributed by atoms with Crippen molar-refractivity contribution in [3.05, 3.63) is 35.9 Å². The van der Waals surface area contributed by atoms with Crippen LogP contribution in [0.4, 0.5) is 0 Å². The lowest BCUT2D eigenvalue weighted by Gasteiger charge is -2.39. The van der Waals surface area contributed by atoms with Crippen LogP contribution in [0.5, 0.6) is 0 Å². The standard InChI is InChI=1S/C17H25N3O2/c1-11-8-9-14(16(19)21)10-20(11)17(22)12(2)15(18)13-6-4-3-5-7-13/h3-7,11-12,14-15H,8-10,18H2,1-2H3,(H2,19,21)/t11-,12+,14-,15+/m1/s1. The molecule has 1 heterocycles. The first-order valence-corrected chi connectivity index (χ1v) is 7.82. The molecule has 1 aliphatic heterocycles. The number of hydrogen-bond donors (Lipinski definition) is 2. The molecule has 4 N–H and O–H groups in total. The molecule has 5 nitrogen and oxygen atoms in total. The lowest BCUT2D eigenvalue weighted by molar-refractivity contribution is -0.141. The van der Waals surface area contributed by atoms with Gasteiger partial charge in [0.2, 0.25) is 11.8 Å². The molecule has 1 aliphatic rings. The second-order valence-corrected chi connectivity index (χ2v) is 6.24. The van der Waals surface area contributed by atoms with Crippen molar-refractivity contribution < 1.29 is 9.59 Å². The number of amides is 2. The second-order valence-electron chi connectivity index (χ2n) is 6.24. The van der Waals surface area contributed by atoms with Crippen LogP contribution in [-0.2, 0) is 9.59 Å². The van der Waals surface area contributed by atoms with E-state index in [0.717, 1.165) is 18.4 Å². The zero-order valence-corrected chi connectivity index (χ0v) is 13.2. The minimum Gasteiger partial charge on any atom is -0.369 e. The highest BCUT2D eigenvalue weighted by molar-refractivity contribution is 5.82. The Bertz CT molecular complexity index is 532. The summed E-state index contributed by atoms with van der Waals surface area (Å²) in [6, 6.07) is 9.38. The largest absolute Gasteiger partial charge is 0.369 e. The van der Waals surface area contributed by atoms with Gasteiger partial charge in [0.05, 0.1) is 11.8 Å². The quantitative estimate of drug-likeness (QED) is 0.882. The van der Waals surface area contributed by atoms with Crippen molar-refractivity contribution >= 4 is 11.8 Å². The van der Waals surface area contributed by atoms with Crippen molar-refractivity contribution in [2.45, 2.75) is 38.8 Å². The molecule has 0 aliphatic carbocycles. The summed E-state index contributed by atoms with van der Waals surface area (Å²) in [6.45, 7) is 4.26. The topological polar surface area (TPSA) is 89.4 Å². The van der Waals surface area contributed by atoms with Gasteiger partial charge in [-0.05, 0) is 25.3 Å². The Morgan fingerprint density at radius 2 is 1.86 bits per heavy atom. The van der Waals surface area contributed by atoms with Crippen LogP contribution in [-0.4, -0.2) is 29.3 Å². The van der Waals surface area contributed by atoms with E-state index in [9.17, 15) is 9.59 Å². The first-order chi connectivity index (χ1) is 10.4. The molecular weight excluding hydrogens is 278 g/mol. The fourth-order valence-corrected chi connectivity index (χ4v) is 3.03. The molecule has 0 aromatic heterocycles. The maximum Gasteiger partial charge on any atom is 0.227 e. The van der Waals surface area contributed by atoms with E-state index in [4.69, 9.17) is 11.5 Å². The highest BCUT2D eigenvalue weighted by Gasteiger charge is 2.35. The molecule has 1 fully saturated rings. The van der Waals surface area contributed by atoms with Gasteiger partial charge in [0, 0.05) is 18.6 Å². The number of carbonyl (C=O) groups excluding carboxylic acids is 2. The number of carbonyl (C=O) groups is 2. The Morgan fingerprint density at radius 3 is 2.45 bits per heavy atom. The van der Waals surface area contributed by atoms with Gasteiger partial charge in [-0.1, -0.05) is 37.3 Å². The van der Waals surface area contributed by atoms with Gasteiger partial charge in [-0.3, -0.25) is 9.59 Å². The molecule has 2 amide bonds. The molecule has 2 rings (SSSR count). The molecule has 1 aromatic carbocycles. The van der Waals surface area contributed by atoms with Gasteiger partial charge in [-0.2, -0.15) is 0 Å². The molecule has 5 heteroatoms. The van der Waals surface area contributed by atoms with Gasteiger partial charge in [0.25, 0.3) is 0 Å². The monoisotopic (exact) mass is 303 g/mol. The molecule has 1 aromatic rings. The zero-order chi connectivity index (χ0) is 16.3. The fraction of sp³-hybridized carbons (Fsp3) is 0.529. The van der Waals surface area contributed by atoms with Crippen LogP contribution in [0.15, 0.2) is 30.3 Å².